The van der Waals surface area contributed by atoms with Gasteiger partial charge in [-0.05, 0) is 30.3 Å². The number of rotatable bonds is 0. The highest BCUT2D eigenvalue weighted by Crippen LogP contribution is 2.42. The van der Waals surface area contributed by atoms with Crippen LogP contribution in [0.25, 0.3) is 33.2 Å². The fourth-order valence-corrected chi connectivity index (χ4v) is 2.92. The Balaban J connectivity index is 1.94. The number of nitrogens with zero attached hydrogens (tertiary/aromatic N) is 2. The molecule has 0 spiro atoms. The molecule has 0 atom stereocenters. The fourth-order valence-electron chi connectivity index (χ4n) is 2.92. The van der Waals surface area contributed by atoms with Gasteiger partial charge in [0.2, 0.25) is 0 Å². The first kappa shape index (κ1) is 11.5. The minimum atomic E-state index is 0.803. The van der Waals surface area contributed by atoms with Gasteiger partial charge in [-0.25, -0.2) is 15.4 Å². The molecule has 0 radical (unpaired) electrons. The number of hydrogen-bond donors (Lipinski definition) is 1. The van der Waals surface area contributed by atoms with Crippen LogP contribution in [0.15, 0.2) is 60.7 Å². The van der Waals surface area contributed by atoms with Crippen LogP contribution in [-0.2, 0) is 0 Å². The third kappa shape index (κ3) is 1.52. The molecular formula is C18H11N3O. The lowest BCUT2D eigenvalue weighted by Crippen LogP contribution is -2.12. The van der Waals surface area contributed by atoms with Gasteiger partial charge in [-0.1, -0.05) is 30.3 Å². The normalized spacial score (nSPS) is 12.4. The predicted octanol–water partition coefficient (Wildman–Crippen LogP) is 4.17. The maximum Gasteiger partial charge on any atom is 0.163 e. The van der Waals surface area contributed by atoms with E-state index < -0.39 is 0 Å². The third-order valence-corrected chi connectivity index (χ3v) is 3.94. The molecule has 0 unspecified atom stereocenters. The molecule has 1 aromatic heterocycles. The van der Waals surface area contributed by atoms with Crippen LogP contribution in [0, 0.1) is 0 Å². The monoisotopic (exact) mass is 285 g/mol. The van der Waals surface area contributed by atoms with Crippen LogP contribution in [0.3, 0.4) is 0 Å². The zero-order valence-corrected chi connectivity index (χ0v) is 11.6. The van der Waals surface area contributed by atoms with Crippen LogP contribution in [0.5, 0.6) is 5.75 Å². The molecule has 104 valence electrons. The molecule has 0 fully saturated rings. The van der Waals surface area contributed by atoms with Crippen LogP contribution < -0.4 is 10.3 Å². The summed E-state index contributed by atoms with van der Waals surface area (Å²) in [7, 11) is 0. The van der Waals surface area contributed by atoms with E-state index >= 15 is 0 Å². The SMILES string of the molecule is c1ccc2c(c1)ONc1ccc3nc4ccccc4nc3c1-2. The Kier molecular flexibility index (Phi) is 2.19. The first-order valence-electron chi connectivity index (χ1n) is 7.12. The van der Waals surface area contributed by atoms with Gasteiger partial charge in [-0.2, -0.15) is 0 Å². The lowest BCUT2D eigenvalue weighted by Gasteiger charge is -2.22. The molecule has 3 aromatic carbocycles. The lowest BCUT2D eigenvalue weighted by molar-refractivity contribution is 0.402. The van der Waals surface area contributed by atoms with Gasteiger partial charge in [0, 0.05) is 11.1 Å². The second kappa shape index (κ2) is 4.18. The van der Waals surface area contributed by atoms with Gasteiger partial charge in [0.05, 0.1) is 27.8 Å². The molecule has 4 nitrogen and oxygen atoms in total. The van der Waals surface area contributed by atoms with Crippen molar-refractivity contribution in [3.05, 3.63) is 60.7 Å². The van der Waals surface area contributed by atoms with E-state index in [4.69, 9.17) is 14.8 Å². The Hall–Kier alpha value is -3.14. The second-order valence-electron chi connectivity index (χ2n) is 5.27. The highest BCUT2D eigenvalue weighted by Gasteiger charge is 2.20. The maximum atomic E-state index is 5.59. The number of para-hydroxylation sites is 3. The topological polar surface area (TPSA) is 47.0 Å². The van der Waals surface area contributed by atoms with E-state index in [0.29, 0.717) is 0 Å². The van der Waals surface area contributed by atoms with Crippen molar-refractivity contribution in [1.29, 1.82) is 0 Å². The van der Waals surface area contributed by atoms with Crippen molar-refractivity contribution in [2.24, 2.45) is 0 Å². The smallest absolute Gasteiger partial charge is 0.163 e. The molecule has 1 aliphatic heterocycles. The Morgan fingerprint density at radius 3 is 2.41 bits per heavy atom. The lowest BCUT2D eigenvalue weighted by atomic mass is 9.99. The quantitative estimate of drug-likeness (QED) is 0.493. The molecule has 22 heavy (non-hydrogen) atoms. The molecular weight excluding hydrogens is 274 g/mol. The van der Waals surface area contributed by atoms with Crippen molar-refractivity contribution < 1.29 is 4.84 Å². The van der Waals surface area contributed by atoms with Crippen molar-refractivity contribution in [2.45, 2.75) is 0 Å². The van der Waals surface area contributed by atoms with E-state index in [2.05, 4.69) is 5.48 Å². The second-order valence-corrected chi connectivity index (χ2v) is 5.27. The minimum absolute atomic E-state index is 0.803. The molecule has 0 saturated heterocycles. The number of fused-ring (bicyclic) bond motifs is 6. The summed E-state index contributed by atoms with van der Waals surface area (Å²) in [6, 6.07) is 19.8. The zero-order valence-electron chi connectivity index (χ0n) is 11.6. The molecule has 1 aliphatic rings. The van der Waals surface area contributed by atoms with Crippen LogP contribution in [-0.4, -0.2) is 9.97 Å². The van der Waals surface area contributed by atoms with E-state index in [9.17, 15) is 0 Å². The molecule has 0 aliphatic carbocycles. The van der Waals surface area contributed by atoms with Crippen molar-refractivity contribution in [1.82, 2.24) is 9.97 Å². The summed E-state index contributed by atoms with van der Waals surface area (Å²) < 4.78 is 0. The fraction of sp³-hybridized carbons (Fsp3) is 0. The van der Waals surface area contributed by atoms with Crippen LogP contribution in [0.2, 0.25) is 0 Å². The average molecular weight is 285 g/mol. The molecule has 0 saturated carbocycles. The first-order chi connectivity index (χ1) is 10.9. The number of hydrogen-bond acceptors (Lipinski definition) is 4. The molecule has 2 heterocycles. The molecule has 4 aromatic rings. The van der Waals surface area contributed by atoms with Crippen molar-refractivity contribution in [3.63, 3.8) is 0 Å². The van der Waals surface area contributed by atoms with Crippen LogP contribution >= 0.6 is 0 Å². The summed E-state index contributed by atoms with van der Waals surface area (Å²) >= 11 is 0. The van der Waals surface area contributed by atoms with Gasteiger partial charge >= 0.3 is 0 Å². The number of nitrogens with one attached hydrogen (secondary N) is 1. The molecule has 4 heteroatoms. The van der Waals surface area contributed by atoms with Crippen LogP contribution in [0.1, 0.15) is 0 Å². The van der Waals surface area contributed by atoms with Gasteiger partial charge in [-0.15, -0.1) is 0 Å². The van der Waals surface area contributed by atoms with Crippen molar-refractivity contribution >= 4 is 27.8 Å². The standard InChI is InChI=1S/C18H11N3O/c1-4-8-16-11(5-1)17-14(21-22-16)9-10-15-18(17)20-13-7-3-2-6-12(13)19-15/h1-10,21H. The Labute approximate surface area is 126 Å². The van der Waals surface area contributed by atoms with Gasteiger partial charge in [0.25, 0.3) is 0 Å². The van der Waals surface area contributed by atoms with E-state index in [1.165, 1.54) is 0 Å². The zero-order chi connectivity index (χ0) is 14.5. The Morgan fingerprint density at radius 1 is 0.727 bits per heavy atom. The largest absolute Gasteiger partial charge is 0.381 e. The third-order valence-electron chi connectivity index (χ3n) is 3.94. The van der Waals surface area contributed by atoms with Crippen LogP contribution in [0.4, 0.5) is 5.69 Å². The molecule has 5 rings (SSSR count). The summed E-state index contributed by atoms with van der Waals surface area (Å²) in [5.74, 6) is 0.803. The van der Waals surface area contributed by atoms with Crippen molar-refractivity contribution in [3.8, 4) is 16.9 Å². The maximum absolute atomic E-state index is 5.59. The van der Waals surface area contributed by atoms with Gasteiger partial charge < -0.3 is 4.84 Å². The van der Waals surface area contributed by atoms with Gasteiger partial charge in [-0.3, -0.25) is 0 Å². The number of anilines is 1. The number of aromatic nitrogens is 2. The summed E-state index contributed by atoms with van der Waals surface area (Å²) in [6.45, 7) is 0. The Bertz CT molecular complexity index is 1040. The summed E-state index contributed by atoms with van der Waals surface area (Å²) in [5.41, 5.74) is 9.55. The van der Waals surface area contributed by atoms with E-state index in [0.717, 1.165) is 44.6 Å². The van der Waals surface area contributed by atoms with Gasteiger partial charge in [0.15, 0.2) is 5.75 Å². The highest BCUT2D eigenvalue weighted by atomic mass is 16.6. The van der Waals surface area contributed by atoms with Crippen molar-refractivity contribution in [2.75, 3.05) is 5.48 Å². The first-order valence-corrected chi connectivity index (χ1v) is 7.12. The average Bonchev–Trinajstić information content (AvgIpc) is 2.59. The van der Waals surface area contributed by atoms with E-state index in [-0.39, 0.29) is 0 Å². The molecule has 0 amide bonds. The summed E-state index contributed by atoms with van der Waals surface area (Å²) in [5, 5.41) is 0. The number of benzene rings is 3. The molecule has 1 N–H and O–H groups in total. The Morgan fingerprint density at radius 2 is 1.50 bits per heavy atom. The minimum Gasteiger partial charge on any atom is -0.381 e. The van der Waals surface area contributed by atoms with Gasteiger partial charge in [0.1, 0.15) is 0 Å². The predicted molar refractivity (Wildman–Crippen MR) is 86.7 cm³/mol. The molecule has 0 bridgehead atoms. The summed E-state index contributed by atoms with van der Waals surface area (Å²) in [4.78, 5) is 15.1. The van der Waals surface area contributed by atoms with E-state index in [1.807, 2.05) is 60.7 Å². The summed E-state index contributed by atoms with van der Waals surface area (Å²) in [6.07, 6.45) is 0. The van der Waals surface area contributed by atoms with E-state index in [1.54, 1.807) is 0 Å². The highest BCUT2D eigenvalue weighted by molar-refractivity contribution is 6.03.